The molecule has 8 aromatic rings. The number of carbonyl (C=O) groups excluding carboxylic acids is 2. The number of nitrogens with zero attached hydrogens (tertiary/aromatic N) is 5. The van der Waals surface area contributed by atoms with Crippen molar-refractivity contribution in [2.75, 3.05) is 21.1 Å². The van der Waals surface area contributed by atoms with Gasteiger partial charge in [-0.15, -0.1) is 32.9 Å². The summed E-state index contributed by atoms with van der Waals surface area (Å²) < 4.78 is 12.1. The highest BCUT2D eigenvalue weighted by atomic mass is 32.1. The van der Waals surface area contributed by atoms with Crippen molar-refractivity contribution in [1.82, 2.24) is 30.6 Å². The molecule has 6 aromatic heterocycles. The van der Waals surface area contributed by atoms with E-state index in [0.29, 0.717) is 24.2 Å². The van der Waals surface area contributed by atoms with E-state index in [1.165, 1.54) is 16.0 Å². The lowest BCUT2D eigenvalue weighted by Gasteiger charge is -2.10. The van der Waals surface area contributed by atoms with Crippen LogP contribution in [0.4, 0.5) is 0 Å². The van der Waals surface area contributed by atoms with E-state index >= 15 is 0 Å². The summed E-state index contributed by atoms with van der Waals surface area (Å²) in [6.07, 6.45) is 7.92. The lowest BCUT2D eigenvalue weighted by atomic mass is 10.1. The molecule has 6 heterocycles. The molecule has 0 fully saturated rings. The topological polar surface area (TPSA) is 127 Å². The molecule has 2 aromatic carbocycles. The number of fused-ring (bicyclic) bond motifs is 2. The fourth-order valence-corrected chi connectivity index (χ4v) is 8.08. The van der Waals surface area contributed by atoms with Crippen molar-refractivity contribution < 1.29 is 18.4 Å². The molecule has 12 heteroatoms. The maximum atomic E-state index is 12.6. The van der Waals surface area contributed by atoms with Crippen molar-refractivity contribution in [2.45, 2.75) is 26.7 Å². The molecule has 53 heavy (non-hydrogen) atoms. The Balaban J connectivity index is 0.000000164. The maximum Gasteiger partial charge on any atom is 0.275 e. The number of carbonyl (C=O) groups is 2. The number of hydrogen-bond acceptors (Lipinski definition) is 10. The minimum atomic E-state index is -0.227. The standard InChI is InChI=1S/C21H19N3O2S.C20H17N3O2S/c1-13-4-6-15(7-5-13)18-11-16-17(10-14-8-9-26-12-14)22-23-19(20(16)27-18)21(25)24(2)3;1-12-3-5-14(6-4-12)17-10-15-16(9-13-7-8-25-11-13)22-23-18(19(15)26-17)20(24)21-2/h4-9,11-12H,10H2,1-3H3;3-8,10-11H,9H2,1-2H3,(H,21,24). The molecule has 8 rings (SSSR count). The van der Waals surface area contributed by atoms with Gasteiger partial charge in [0.1, 0.15) is 0 Å². The van der Waals surface area contributed by atoms with Gasteiger partial charge < -0.3 is 19.1 Å². The fourth-order valence-electron chi connectivity index (χ4n) is 5.75. The summed E-state index contributed by atoms with van der Waals surface area (Å²) >= 11 is 3.15. The molecule has 0 bridgehead atoms. The quantitative estimate of drug-likeness (QED) is 0.164. The van der Waals surface area contributed by atoms with E-state index in [-0.39, 0.29) is 11.8 Å². The lowest BCUT2D eigenvalue weighted by molar-refractivity contribution is 0.0822. The van der Waals surface area contributed by atoms with Gasteiger partial charge in [0.25, 0.3) is 11.8 Å². The van der Waals surface area contributed by atoms with Gasteiger partial charge in [0.15, 0.2) is 11.4 Å². The van der Waals surface area contributed by atoms with Crippen LogP contribution in [0.1, 0.15) is 54.6 Å². The molecular formula is C41H36N6O4S2. The summed E-state index contributed by atoms with van der Waals surface area (Å²) in [7, 11) is 5.05. The van der Waals surface area contributed by atoms with Gasteiger partial charge in [0.2, 0.25) is 0 Å². The number of benzene rings is 2. The molecule has 0 aliphatic heterocycles. The number of thiophene rings is 2. The average Bonchev–Trinajstić information content (AvgIpc) is 4.00. The zero-order chi connectivity index (χ0) is 37.1. The second-order valence-corrected chi connectivity index (χ2v) is 14.9. The van der Waals surface area contributed by atoms with Crippen LogP contribution in [0.2, 0.25) is 0 Å². The van der Waals surface area contributed by atoms with E-state index in [1.54, 1.807) is 68.9 Å². The Morgan fingerprint density at radius 2 is 1.11 bits per heavy atom. The third kappa shape index (κ3) is 7.64. The van der Waals surface area contributed by atoms with Crippen LogP contribution in [0, 0.1) is 13.8 Å². The van der Waals surface area contributed by atoms with Gasteiger partial charge in [-0.05, 0) is 60.4 Å². The highest BCUT2D eigenvalue weighted by molar-refractivity contribution is 7.23. The lowest BCUT2D eigenvalue weighted by Crippen LogP contribution is -2.23. The summed E-state index contributed by atoms with van der Waals surface area (Å²) in [6.45, 7) is 4.13. The predicted octanol–water partition coefficient (Wildman–Crippen LogP) is 8.76. The van der Waals surface area contributed by atoms with Crippen LogP contribution < -0.4 is 5.32 Å². The first-order valence-electron chi connectivity index (χ1n) is 16.9. The second-order valence-electron chi connectivity index (χ2n) is 12.8. The van der Waals surface area contributed by atoms with Crippen LogP contribution in [0.3, 0.4) is 0 Å². The van der Waals surface area contributed by atoms with Gasteiger partial charge in [-0.2, -0.15) is 10.2 Å². The SMILES string of the molecule is CNC(=O)c1nnc(Cc2ccoc2)c2cc(-c3ccc(C)cc3)sc12.Cc1ccc(-c2cc3c(Cc4ccoc4)nnc(C(=O)N(C)C)c3s2)cc1. The summed E-state index contributed by atoms with van der Waals surface area (Å²) in [4.78, 5) is 28.5. The van der Waals surface area contributed by atoms with Gasteiger partial charge in [0.05, 0.1) is 45.8 Å². The first-order chi connectivity index (χ1) is 25.7. The third-order valence-electron chi connectivity index (χ3n) is 8.68. The van der Waals surface area contributed by atoms with Crippen LogP contribution in [0.25, 0.3) is 41.1 Å². The molecule has 0 radical (unpaired) electrons. The largest absolute Gasteiger partial charge is 0.472 e. The minimum Gasteiger partial charge on any atom is -0.472 e. The average molecular weight is 741 g/mol. The Hall–Kier alpha value is -5.98. The molecule has 0 atom stereocenters. The molecule has 1 N–H and O–H groups in total. The van der Waals surface area contributed by atoms with Gasteiger partial charge in [-0.25, -0.2) is 0 Å². The van der Waals surface area contributed by atoms with Crippen molar-refractivity contribution in [1.29, 1.82) is 0 Å². The van der Waals surface area contributed by atoms with Crippen molar-refractivity contribution in [3.05, 3.63) is 143 Å². The van der Waals surface area contributed by atoms with E-state index in [2.05, 4.69) is 100 Å². The molecule has 0 unspecified atom stereocenters. The molecule has 0 spiro atoms. The monoisotopic (exact) mass is 740 g/mol. The van der Waals surface area contributed by atoms with Crippen molar-refractivity contribution in [3.63, 3.8) is 0 Å². The van der Waals surface area contributed by atoms with Gasteiger partial charge in [-0.3, -0.25) is 9.59 Å². The van der Waals surface area contributed by atoms with Crippen LogP contribution in [-0.2, 0) is 12.8 Å². The number of aryl methyl sites for hydroxylation is 2. The first kappa shape index (κ1) is 35.4. The third-order valence-corrected chi connectivity index (χ3v) is 11.1. The van der Waals surface area contributed by atoms with Crippen LogP contribution in [-0.4, -0.2) is 58.3 Å². The highest BCUT2D eigenvalue weighted by Crippen LogP contribution is 2.38. The van der Waals surface area contributed by atoms with Crippen molar-refractivity contribution in [2.24, 2.45) is 0 Å². The highest BCUT2D eigenvalue weighted by Gasteiger charge is 2.22. The first-order valence-corrected chi connectivity index (χ1v) is 18.5. The molecule has 0 aliphatic rings. The van der Waals surface area contributed by atoms with Crippen LogP contribution >= 0.6 is 22.7 Å². The Morgan fingerprint density at radius 3 is 1.53 bits per heavy atom. The van der Waals surface area contributed by atoms with E-state index in [0.717, 1.165) is 63.6 Å². The summed E-state index contributed by atoms with van der Waals surface area (Å²) in [5.74, 6) is -0.366. The minimum absolute atomic E-state index is 0.139. The Kier molecular flexibility index (Phi) is 10.2. The van der Waals surface area contributed by atoms with Crippen LogP contribution in [0.15, 0.2) is 107 Å². The Labute approximate surface area is 314 Å². The van der Waals surface area contributed by atoms with Crippen molar-refractivity contribution in [3.8, 4) is 20.9 Å². The summed E-state index contributed by atoms with van der Waals surface area (Å²) in [5, 5.41) is 21.7. The fraction of sp³-hybridized carbons (Fsp3) is 0.171. The van der Waals surface area contributed by atoms with Gasteiger partial charge >= 0.3 is 0 Å². The Bertz CT molecular complexity index is 2520. The molecule has 0 aliphatic carbocycles. The van der Waals surface area contributed by atoms with Gasteiger partial charge in [-0.1, -0.05) is 59.7 Å². The number of furan rings is 2. The molecule has 10 nitrogen and oxygen atoms in total. The number of nitrogens with one attached hydrogen (secondary N) is 1. The molecule has 266 valence electrons. The van der Waals surface area contributed by atoms with E-state index in [4.69, 9.17) is 8.83 Å². The molecule has 2 amide bonds. The zero-order valence-corrected chi connectivity index (χ0v) is 31.5. The number of rotatable bonds is 8. The molecule has 0 saturated carbocycles. The smallest absolute Gasteiger partial charge is 0.275 e. The second kappa shape index (κ2) is 15.3. The maximum absolute atomic E-state index is 12.6. The summed E-state index contributed by atoms with van der Waals surface area (Å²) in [5.41, 5.74) is 9.17. The molecular weight excluding hydrogens is 705 g/mol. The number of aromatic nitrogens is 4. The van der Waals surface area contributed by atoms with E-state index < -0.39 is 0 Å². The number of hydrogen-bond donors (Lipinski definition) is 1. The zero-order valence-electron chi connectivity index (χ0n) is 29.8. The predicted molar refractivity (Wildman–Crippen MR) is 210 cm³/mol. The molecule has 0 saturated heterocycles. The normalized spacial score (nSPS) is 11.0. The van der Waals surface area contributed by atoms with E-state index in [1.807, 2.05) is 12.1 Å². The summed E-state index contributed by atoms with van der Waals surface area (Å²) in [6, 6.07) is 24.8. The van der Waals surface area contributed by atoms with Gasteiger partial charge in [0, 0.05) is 54.5 Å². The van der Waals surface area contributed by atoms with Crippen LogP contribution in [0.5, 0.6) is 0 Å². The number of amides is 2. The van der Waals surface area contributed by atoms with Crippen molar-refractivity contribution >= 4 is 54.7 Å². The van der Waals surface area contributed by atoms with E-state index in [9.17, 15) is 9.59 Å². The Morgan fingerprint density at radius 1 is 0.660 bits per heavy atom.